The molecule has 0 aliphatic rings. The van der Waals surface area contributed by atoms with E-state index in [4.69, 9.17) is 0 Å². The molecule has 0 saturated carbocycles. The lowest BCUT2D eigenvalue weighted by Crippen LogP contribution is -1.83. The maximum absolute atomic E-state index is 2.37. The molecule has 0 unspecified atom stereocenters. The highest BCUT2D eigenvalue weighted by atomic mass is 32.1. The van der Waals surface area contributed by atoms with Crippen molar-refractivity contribution < 1.29 is 0 Å². The van der Waals surface area contributed by atoms with Crippen LogP contribution in [-0.2, 0) is 0 Å². The second-order valence-corrected chi connectivity index (χ2v) is 8.37. The fourth-order valence-electron chi connectivity index (χ4n) is 3.42. The summed E-state index contributed by atoms with van der Waals surface area (Å²) in [7, 11) is 0. The Hall–Kier alpha value is -2.42. The van der Waals surface area contributed by atoms with Crippen LogP contribution in [0.4, 0.5) is 0 Å². The Morgan fingerprint density at radius 2 is 1.56 bits per heavy atom. The van der Waals surface area contributed by atoms with Gasteiger partial charge in [0.1, 0.15) is 0 Å². The highest BCUT2D eigenvalue weighted by Crippen LogP contribution is 2.43. The van der Waals surface area contributed by atoms with Crippen molar-refractivity contribution in [3.8, 4) is 20.9 Å². The Bertz CT molecular complexity index is 1180. The molecule has 3 aromatic carbocycles. The average molecular weight is 357 g/mol. The lowest BCUT2D eigenvalue weighted by atomic mass is 9.94. The summed E-state index contributed by atoms with van der Waals surface area (Å²) >= 11 is 3.70. The highest BCUT2D eigenvalue weighted by molar-refractivity contribution is 7.25. The molecule has 0 nitrogen and oxygen atoms in total. The smallest absolute Gasteiger partial charge is 0.0455 e. The molecule has 2 heteroatoms. The van der Waals surface area contributed by atoms with E-state index in [1.54, 1.807) is 0 Å². The first-order chi connectivity index (χ1) is 12.3. The zero-order valence-electron chi connectivity index (χ0n) is 13.8. The van der Waals surface area contributed by atoms with Crippen LogP contribution in [-0.4, -0.2) is 0 Å². The Morgan fingerprint density at radius 3 is 2.36 bits per heavy atom. The quantitative estimate of drug-likeness (QED) is 0.303. The Kier molecular flexibility index (Phi) is 3.47. The number of thiophene rings is 2. The molecule has 0 spiro atoms. The topological polar surface area (TPSA) is 0 Å². The van der Waals surface area contributed by atoms with Crippen molar-refractivity contribution in [2.75, 3.05) is 0 Å². The van der Waals surface area contributed by atoms with E-state index in [2.05, 4.69) is 85.1 Å². The summed E-state index contributed by atoms with van der Waals surface area (Å²) in [6, 6.07) is 26.7. The largest absolute Gasteiger partial charge is 0.143 e. The van der Waals surface area contributed by atoms with Crippen LogP contribution in [0, 0.1) is 6.92 Å². The van der Waals surface area contributed by atoms with Gasteiger partial charge in [-0.3, -0.25) is 0 Å². The van der Waals surface area contributed by atoms with Crippen LogP contribution in [0.3, 0.4) is 0 Å². The second-order valence-electron chi connectivity index (χ2n) is 6.34. The standard InChI is InChI=1S/C23H16S2/c1-15-8-10-16(11-9-15)23-18-6-3-2-5-17(18)13-21-19(23)14-22(25-21)20-7-4-12-24-20/h2-14H,1H3. The molecule has 5 rings (SSSR count). The SMILES string of the molecule is Cc1ccc(-c2c3ccccc3cc3sc(-c4cccs4)cc23)cc1. The van der Waals surface area contributed by atoms with Crippen molar-refractivity contribution in [1.29, 1.82) is 0 Å². The molecule has 0 fully saturated rings. The lowest BCUT2D eigenvalue weighted by molar-refractivity contribution is 1.48. The maximum Gasteiger partial charge on any atom is 0.0455 e. The number of hydrogen-bond donors (Lipinski definition) is 0. The summed E-state index contributed by atoms with van der Waals surface area (Å²) in [6.45, 7) is 2.14. The van der Waals surface area contributed by atoms with Gasteiger partial charge < -0.3 is 0 Å². The number of benzene rings is 3. The van der Waals surface area contributed by atoms with Crippen LogP contribution in [0.25, 0.3) is 41.7 Å². The lowest BCUT2D eigenvalue weighted by Gasteiger charge is -2.09. The molecule has 0 aliphatic heterocycles. The zero-order valence-corrected chi connectivity index (χ0v) is 15.5. The van der Waals surface area contributed by atoms with Gasteiger partial charge in [0.05, 0.1) is 0 Å². The summed E-state index contributed by atoms with van der Waals surface area (Å²) in [5, 5.41) is 6.15. The van der Waals surface area contributed by atoms with E-state index in [0.717, 1.165) is 0 Å². The monoisotopic (exact) mass is 356 g/mol. The first kappa shape index (κ1) is 14.9. The number of hydrogen-bond acceptors (Lipinski definition) is 2. The van der Waals surface area contributed by atoms with Crippen molar-refractivity contribution in [1.82, 2.24) is 0 Å². The third-order valence-corrected chi connectivity index (χ3v) is 6.80. The Balaban J connectivity index is 1.88. The minimum absolute atomic E-state index is 1.29. The molecule has 0 atom stereocenters. The first-order valence-electron chi connectivity index (χ1n) is 8.36. The van der Waals surface area contributed by atoms with Crippen molar-refractivity contribution in [2.45, 2.75) is 6.92 Å². The molecular weight excluding hydrogens is 340 g/mol. The maximum atomic E-state index is 2.37. The minimum atomic E-state index is 1.29. The van der Waals surface area contributed by atoms with Gasteiger partial charge in [0, 0.05) is 19.8 Å². The van der Waals surface area contributed by atoms with Gasteiger partial charge in [0.25, 0.3) is 0 Å². The third-order valence-electron chi connectivity index (χ3n) is 4.65. The molecule has 0 aliphatic carbocycles. The molecule has 5 aromatic rings. The van der Waals surface area contributed by atoms with Gasteiger partial charge in [-0.1, -0.05) is 60.2 Å². The van der Waals surface area contributed by atoms with Crippen LogP contribution in [0.1, 0.15) is 5.56 Å². The second kappa shape index (κ2) is 5.83. The number of rotatable bonds is 2. The third kappa shape index (κ3) is 2.50. The first-order valence-corrected chi connectivity index (χ1v) is 10.1. The van der Waals surface area contributed by atoms with Crippen LogP contribution >= 0.6 is 22.7 Å². The summed E-state index contributed by atoms with van der Waals surface area (Å²) in [6.07, 6.45) is 0. The van der Waals surface area contributed by atoms with Crippen molar-refractivity contribution in [3.63, 3.8) is 0 Å². The molecule has 0 saturated heterocycles. The van der Waals surface area contributed by atoms with Crippen LogP contribution in [0.15, 0.2) is 78.2 Å². The van der Waals surface area contributed by atoms with Crippen LogP contribution in [0.2, 0.25) is 0 Å². The van der Waals surface area contributed by atoms with Gasteiger partial charge in [0.15, 0.2) is 0 Å². The molecular formula is C23H16S2. The number of aryl methyl sites for hydroxylation is 1. The molecule has 0 bridgehead atoms. The summed E-state index contributed by atoms with van der Waals surface area (Å²) in [5.41, 5.74) is 3.94. The Labute approximate surface area is 155 Å². The minimum Gasteiger partial charge on any atom is -0.143 e. The van der Waals surface area contributed by atoms with E-state index in [1.807, 2.05) is 22.7 Å². The Morgan fingerprint density at radius 1 is 0.720 bits per heavy atom. The summed E-state index contributed by atoms with van der Waals surface area (Å²) in [5.74, 6) is 0. The highest BCUT2D eigenvalue weighted by Gasteiger charge is 2.14. The summed E-state index contributed by atoms with van der Waals surface area (Å²) in [4.78, 5) is 2.70. The predicted octanol–water partition coefficient (Wildman–Crippen LogP) is 7.76. The van der Waals surface area contributed by atoms with Gasteiger partial charge >= 0.3 is 0 Å². The van der Waals surface area contributed by atoms with Gasteiger partial charge in [-0.05, 0) is 52.4 Å². The zero-order chi connectivity index (χ0) is 16.8. The number of fused-ring (bicyclic) bond motifs is 2. The van der Waals surface area contributed by atoms with E-state index in [0.29, 0.717) is 0 Å². The van der Waals surface area contributed by atoms with Crippen LogP contribution in [0.5, 0.6) is 0 Å². The van der Waals surface area contributed by atoms with Gasteiger partial charge in [0.2, 0.25) is 0 Å². The van der Waals surface area contributed by atoms with Gasteiger partial charge in [-0.2, -0.15) is 0 Å². The molecule has 25 heavy (non-hydrogen) atoms. The molecule has 0 amide bonds. The molecule has 2 aromatic heterocycles. The fraction of sp³-hybridized carbons (Fsp3) is 0.0435. The van der Waals surface area contributed by atoms with Crippen molar-refractivity contribution >= 4 is 43.5 Å². The average Bonchev–Trinajstić information content (AvgIpc) is 3.30. The van der Waals surface area contributed by atoms with Crippen LogP contribution < -0.4 is 0 Å². The van der Waals surface area contributed by atoms with E-state index in [9.17, 15) is 0 Å². The molecule has 0 radical (unpaired) electrons. The molecule has 0 N–H and O–H groups in total. The van der Waals surface area contributed by atoms with E-state index < -0.39 is 0 Å². The van der Waals surface area contributed by atoms with Gasteiger partial charge in [-0.15, -0.1) is 22.7 Å². The normalized spacial score (nSPS) is 11.4. The van der Waals surface area contributed by atoms with E-state index in [1.165, 1.54) is 47.3 Å². The molecule has 120 valence electrons. The van der Waals surface area contributed by atoms with E-state index >= 15 is 0 Å². The van der Waals surface area contributed by atoms with Crippen molar-refractivity contribution in [3.05, 3.63) is 83.7 Å². The fourth-order valence-corrected chi connectivity index (χ4v) is 5.36. The van der Waals surface area contributed by atoms with E-state index in [-0.39, 0.29) is 0 Å². The predicted molar refractivity (Wildman–Crippen MR) is 113 cm³/mol. The van der Waals surface area contributed by atoms with Gasteiger partial charge in [-0.25, -0.2) is 0 Å². The van der Waals surface area contributed by atoms with Crippen molar-refractivity contribution in [2.24, 2.45) is 0 Å². The molecule has 2 heterocycles. The summed E-state index contributed by atoms with van der Waals surface area (Å²) < 4.78 is 1.36.